The van der Waals surface area contributed by atoms with Crippen molar-refractivity contribution in [2.45, 2.75) is 51.7 Å². The Morgan fingerprint density at radius 2 is 1.65 bits per heavy atom. The van der Waals surface area contributed by atoms with Crippen LogP contribution in [0.3, 0.4) is 0 Å². The van der Waals surface area contributed by atoms with Crippen LogP contribution in [0.1, 0.15) is 42.5 Å². The molecule has 0 aliphatic carbocycles. The topological polar surface area (TPSA) is 134 Å². The van der Waals surface area contributed by atoms with Crippen LogP contribution in [0, 0.1) is 6.92 Å². The van der Waals surface area contributed by atoms with E-state index < -0.39 is 0 Å². The number of amides is 3. The largest absolute Gasteiger partial charge is 0.489 e. The smallest absolute Gasteiger partial charge is 0.230 e. The third-order valence-corrected chi connectivity index (χ3v) is 9.37. The van der Waals surface area contributed by atoms with E-state index in [9.17, 15) is 14.4 Å². The number of carbonyl (C=O) groups excluding carboxylic acids is 3. The number of hydrogen-bond donors (Lipinski definition) is 1. The predicted octanol–water partition coefficient (Wildman–Crippen LogP) is 4.34. The number of aryl methyl sites for hydroxylation is 1. The number of piperidine rings is 1. The summed E-state index contributed by atoms with van der Waals surface area (Å²) in [6.45, 7) is 6.69. The molecule has 4 heterocycles. The van der Waals surface area contributed by atoms with Gasteiger partial charge in [0.25, 0.3) is 0 Å². The molecule has 3 aromatic rings. The van der Waals surface area contributed by atoms with E-state index >= 15 is 0 Å². The van der Waals surface area contributed by atoms with Crippen molar-refractivity contribution in [3.8, 4) is 16.9 Å². The summed E-state index contributed by atoms with van der Waals surface area (Å²) < 4.78 is 23.8. The number of thiophene rings is 1. The highest BCUT2D eigenvalue weighted by Crippen LogP contribution is 2.42. The second-order valence-electron chi connectivity index (χ2n) is 11.3. The van der Waals surface area contributed by atoms with Crippen LogP contribution < -0.4 is 10.5 Å². The number of imide groups is 1. The average Bonchev–Trinajstić information content (AvgIpc) is 3.61. The van der Waals surface area contributed by atoms with Gasteiger partial charge in [-0.3, -0.25) is 24.3 Å². The van der Waals surface area contributed by atoms with E-state index in [1.807, 2.05) is 36.1 Å². The van der Waals surface area contributed by atoms with Crippen molar-refractivity contribution in [2.24, 2.45) is 5.73 Å². The number of aromatic nitrogens is 1. The van der Waals surface area contributed by atoms with Gasteiger partial charge in [0.2, 0.25) is 17.7 Å². The Morgan fingerprint density at radius 3 is 2.35 bits per heavy atom. The van der Waals surface area contributed by atoms with E-state index in [0.717, 1.165) is 37.5 Å². The number of fused-ring (bicyclic) bond motifs is 1. The Hall–Kier alpha value is -3.13. The number of ether oxygens (including phenoxy) is 4. The maximum absolute atomic E-state index is 12.8. The maximum atomic E-state index is 12.8. The molecule has 2 fully saturated rings. The Morgan fingerprint density at radius 1 is 0.978 bits per heavy atom. The minimum absolute atomic E-state index is 0.0617. The highest BCUT2D eigenvalue weighted by atomic mass is 35.5. The fraction of sp³-hybridized carbons (Fsp3) is 0.515. The number of rotatable bonds is 16. The lowest BCUT2D eigenvalue weighted by Gasteiger charge is -2.33. The molecular weight excluding hydrogens is 632 g/mol. The van der Waals surface area contributed by atoms with Gasteiger partial charge in [0, 0.05) is 72.5 Å². The van der Waals surface area contributed by atoms with Crippen LogP contribution in [0.15, 0.2) is 30.5 Å². The Labute approximate surface area is 277 Å². The molecular formula is C33H41ClN4O7S. The normalized spacial score (nSPS) is 15.8. The van der Waals surface area contributed by atoms with Crippen LogP contribution in [-0.2, 0) is 35.1 Å². The molecule has 46 heavy (non-hydrogen) atoms. The fourth-order valence-electron chi connectivity index (χ4n) is 5.65. The number of carbonyl (C=O) groups is 3. The summed E-state index contributed by atoms with van der Waals surface area (Å²) in [5.41, 5.74) is 8.87. The summed E-state index contributed by atoms with van der Waals surface area (Å²) in [5, 5.41) is 0.598. The zero-order chi connectivity index (χ0) is 32.5. The third-order valence-electron chi connectivity index (χ3n) is 8.01. The molecule has 0 atom stereocenters. The van der Waals surface area contributed by atoms with Gasteiger partial charge in [-0.15, -0.1) is 11.3 Å². The second kappa shape index (κ2) is 16.6. The number of pyridine rings is 1. The van der Waals surface area contributed by atoms with Crippen molar-refractivity contribution in [3.05, 3.63) is 45.9 Å². The van der Waals surface area contributed by atoms with Crippen LogP contribution in [0.2, 0.25) is 5.02 Å². The molecule has 5 rings (SSSR count). The fourth-order valence-corrected chi connectivity index (χ4v) is 7.05. The van der Waals surface area contributed by atoms with E-state index in [1.165, 1.54) is 16.2 Å². The van der Waals surface area contributed by atoms with Gasteiger partial charge in [-0.1, -0.05) is 11.6 Å². The predicted molar refractivity (Wildman–Crippen MR) is 176 cm³/mol. The number of nitrogens with zero attached hydrogens (tertiary/aromatic N) is 3. The molecule has 0 spiro atoms. The zero-order valence-corrected chi connectivity index (χ0v) is 27.7. The molecule has 0 radical (unpaired) electrons. The average molecular weight is 673 g/mol. The summed E-state index contributed by atoms with van der Waals surface area (Å²) in [7, 11) is 0. The standard InChI is InChI=1S/C33H41ClN4O7S/c1-22-18-23(34)19-27(26-4-9-36-28-20-25(46-33(26)28)21-38-30(40)2-3-31(38)41)32(22)45-24-5-10-37(11-6-24)29(39)7-12-42-14-16-44-17-15-43-13-8-35/h4,9,18-20,24H,2-3,5-8,10-17,21,35H2,1H3. The molecule has 0 unspecified atom stereocenters. The first-order chi connectivity index (χ1) is 22.3. The lowest BCUT2D eigenvalue weighted by Crippen LogP contribution is -2.42. The molecule has 2 saturated heterocycles. The van der Waals surface area contributed by atoms with Crippen molar-refractivity contribution in [3.63, 3.8) is 0 Å². The SMILES string of the molecule is Cc1cc(Cl)cc(-c2ccnc3cc(CN4C(=O)CCC4=O)sc23)c1OC1CCN(C(=O)CCOCCOCCOCCN)CC1. The zero-order valence-electron chi connectivity index (χ0n) is 26.1. The summed E-state index contributed by atoms with van der Waals surface area (Å²) in [4.78, 5) is 45.8. The molecule has 0 bridgehead atoms. The minimum atomic E-state index is -0.139. The van der Waals surface area contributed by atoms with E-state index in [1.54, 1.807) is 6.20 Å². The highest BCUT2D eigenvalue weighted by molar-refractivity contribution is 7.19. The monoisotopic (exact) mass is 672 g/mol. The summed E-state index contributed by atoms with van der Waals surface area (Å²) in [5.74, 6) is 0.547. The molecule has 248 valence electrons. The summed E-state index contributed by atoms with van der Waals surface area (Å²) in [6.07, 6.45) is 3.96. The molecule has 0 saturated carbocycles. The van der Waals surface area contributed by atoms with Crippen molar-refractivity contribution in [2.75, 3.05) is 59.3 Å². The number of benzene rings is 1. The quantitative estimate of drug-likeness (QED) is 0.174. The summed E-state index contributed by atoms with van der Waals surface area (Å²) in [6, 6.07) is 7.68. The molecule has 2 aliphatic rings. The van der Waals surface area contributed by atoms with Gasteiger partial charge in [-0.25, -0.2) is 0 Å². The molecule has 11 nitrogen and oxygen atoms in total. The van der Waals surface area contributed by atoms with Gasteiger partial charge in [0.15, 0.2) is 0 Å². The number of hydrogen-bond acceptors (Lipinski definition) is 10. The van der Waals surface area contributed by atoms with Gasteiger partial charge in [0.05, 0.1) is 62.8 Å². The summed E-state index contributed by atoms with van der Waals surface area (Å²) >= 11 is 8.07. The van der Waals surface area contributed by atoms with Crippen LogP contribution >= 0.6 is 22.9 Å². The Bertz CT molecular complexity index is 1510. The van der Waals surface area contributed by atoms with Crippen molar-refractivity contribution in [1.29, 1.82) is 0 Å². The van der Waals surface area contributed by atoms with E-state index in [0.29, 0.717) is 83.6 Å². The van der Waals surface area contributed by atoms with Gasteiger partial charge < -0.3 is 29.6 Å². The lowest BCUT2D eigenvalue weighted by atomic mass is 10.0. The molecule has 2 aliphatic heterocycles. The molecule has 2 N–H and O–H groups in total. The van der Waals surface area contributed by atoms with Crippen molar-refractivity contribution in [1.82, 2.24) is 14.8 Å². The Kier molecular flexibility index (Phi) is 12.4. The molecule has 3 amide bonds. The number of nitrogens with two attached hydrogens (primary N) is 1. The van der Waals surface area contributed by atoms with Gasteiger partial charge in [-0.2, -0.15) is 0 Å². The lowest BCUT2D eigenvalue weighted by molar-refractivity contribution is -0.139. The van der Waals surface area contributed by atoms with Crippen molar-refractivity contribution < 1.29 is 33.3 Å². The second-order valence-corrected chi connectivity index (χ2v) is 12.9. The van der Waals surface area contributed by atoms with Gasteiger partial charge in [-0.05, 0) is 36.8 Å². The van der Waals surface area contributed by atoms with Crippen LogP contribution in [0.5, 0.6) is 5.75 Å². The number of likely N-dealkylation sites (tertiary alicyclic amines) is 2. The van der Waals surface area contributed by atoms with Crippen molar-refractivity contribution >= 4 is 50.9 Å². The maximum Gasteiger partial charge on any atom is 0.230 e. The van der Waals surface area contributed by atoms with Gasteiger partial charge >= 0.3 is 0 Å². The molecule has 13 heteroatoms. The highest BCUT2D eigenvalue weighted by Gasteiger charge is 2.30. The first-order valence-corrected chi connectivity index (χ1v) is 16.9. The first-order valence-electron chi connectivity index (χ1n) is 15.7. The molecule has 2 aromatic heterocycles. The first kappa shape index (κ1) is 34.2. The van der Waals surface area contributed by atoms with Crippen LogP contribution in [0.4, 0.5) is 0 Å². The van der Waals surface area contributed by atoms with E-state index in [4.69, 9.17) is 36.3 Å². The van der Waals surface area contributed by atoms with E-state index in [-0.39, 0.29) is 43.2 Å². The molecule has 1 aromatic carbocycles. The third kappa shape index (κ3) is 8.81. The van der Waals surface area contributed by atoms with Gasteiger partial charge in [0.1, 0.15) is 11.9 Å². The van der Waals surface area contributed by atoms with E-state index in [2.05, 4.69) is 4.98 Å². The van der Waals surface area contributed by atoms with Crippen LogP contribution in [0.25, 0.3) is 21.3 Å². The number of halogens is 1. The minimum Gasteiger partial charge on any atom is -0.489 e. The Balaban J connectivity index is 1.16. The van der Waals surface area contributed by atoms with Crippen LogP contribution in [-0.4, -0.2) is 97.9 Å².